The largest absolute Gasteiger partial charge is 0.381 e. The molecule has 5 nitrogen and oxygen atoms in total. The molecule has 2 aliphatic rings. The molecule has 0 bridgehead atoms. The second kappa shape index (κ2) is 9.11. The van der Waals surface area contributed by atoms with Gasteiger partial charge in [-0.1, -0.05) is 19.9 Å². The number of benzene rings is 1. The fourth-order valence-corrected chi connectivity index (χ4v) is 6.63. The first-order chi connectivity index (χ1) is 17.0. The van der Waals surface area contributed by atoms with Gasteiger partial charge in [-0.3, -0.25) is 0 Å². The summed E-state index contributed by atoms with van der Waals surface area (Å²) in [5.41, 5.74) is 9.04. The van der Waals surface area contributed by atoms with Crippen molar-refractivity contribution in [1.29, 1.82) is 0 Å². The molecule has 0 amide bonds. The number of nitrogens with zero attached hydrogens (tertiary/aromatic N) is 3. The summed E-state index contributed by atoms with van der Waals surface area (Å²) in [6.45, 7) is 11.1. The van der Waals surface area contributed by atoms with Crippen molar-refractivity contribution in [2.75, 3.05) is 26.3 Å². The smallest absolute Gasteiger partial charge is 0.140 e. The standard InChI is InChI=1S/C30H38N4O/c1-19(2)27-25-18-22(21-9-14-34(15-10-21)23-11-16-35-17-12-23)7-8-26(25)32-29(27)28-20(3)33(4)30-24(28)6-5-13-31-30/h5-8,13,18-19,21,23,32H,9-12,14-17H2,1-4H3. The Morgan fingerprint density at radius 2 is 1.80 bits per heavy atom. The zero-order chi connectivity index (χ0) is 24.1. The lowest BCUT2D eigenvalue weighted by molar-refractivity contribution is 0.0252. The highest BCUT2D eigenvalue weighted by atomic mass is 16.5. The van der Waals surface area contributed by atoms with Crippen molar-refractivity contribution in [2.24, 2.45) is 7.05 Å². The summed E-state index contributed by atoms with van der Waals surface area (Å²) in [7, 11) is 2.12. The normalized spacial score (nSPS) is 18.9. The Bertz CT molecular complexity index is 1350. The maximum atomic E-state index is 5.58. The van der Waals surface area contributed by atoms with Crippen LogP contribution in [0.15, 0.2) is 36.5 Å². The number of rotatable bonds is 4. The number of nitrogens with one attached hydrogen (secondary N) is 1. The Balaban J connectivity index is 1.36. The van der Waals surface area contributed by atoms with E-state index in [1.165, 1.54) is 83.1 Å². The molecule has 2 saturated heterocycles. The molecule has 3 aromatic heterocycles. The minimum absolute atomic E-state index is 0.427. The number of aryl methyl sites for hydroxylation is 1. The van der Waals surface area contributed by atoms with Gasteiger partial charge in [0.25, 0.3) is 0 Å². The summed E-state index contributed by atoms with van der Waals surface area (Å²) >= 11 is 0. The van der Waals surface area contributed by atoms with Crippen LogP contribution < -0.4 is 0 Å². The topological polar surface area (TPSA) is 46.1 Å². The first kappa shape index (κ1) is 22.8. The van der Waals surface area contributed by atoms with Gasteiger partial charge in [-0.15, -0.1) is 0 Å². The van der Waals surface area contributed by atoms with Crippen molar-refractivity contribution in [1.82, 2.24) is 19.4 Å². The van der Waals surface area contributed by atoms with Crippen LogP contribution in [0.4, 0.5) is 0 Å². The third kappa shape index (κ3) is 3.89. The number of likely N-dealkylation sites (tertiary alicyclic amines) is 1. The summed E-state index contributed by atoms with van der Waals surface area (Å²) < 4.78 is 7.80. The molecule has 5 heterocycles. The van der Waals surface area contributed by atoms with Crippen LogP contribution in [-0.4, -0.2) is 51.8 Å². The molecule has 1 N–H and O–H groups in total. The SMILES string of the molecule is Cc1c(-c2[nH]c3ccc(C4CCN(C5CCOCC5)CC4)cc3c2C(C)C)c2cccnc2n1C. The molecule has 35 heavy (non-hydrogen) atoms. The molecule has 0 radical (unpaired) electrons. The molecular weight excluding hydrogens is 432 g/mol. The molecule has 0 aliphatic carbocycles. The lowest BCUT2D eigenvalue weighted by Gasteiger charge is -2.39. The Kier molecular flexibility index (Phi) is 5.93. The highest BCUT2D eigenvalue weighted by molar-refractivity contribution is 6.01. The lowest BCUT2D eigenvalue weighted by Crippen LogP contribution is -2.43. The Morgan fingerprint density at radius 3 is 2.54 bits per heavy atom. The van der Waals surface area contributed by atoms with Gasteiger partial charge in [0.05, 0.1) is 5.69 Å². The summed E-state index contributed by atoms with van der Waals surface area (Å²) in [4.78, 5) is 11.2. The summed E-state index contributed by atoms with van der Waals surface area (Å²) in [5.74, 6) is 1.08. The van der Waals surface area contributed by atoms with E-state index in [9.17, 15) is 0 Å². The van der Waals surface area contributed by atoms with Crippen LogP contribution >= 0.6 is 0 Å². The Morgan fingerprint density at radius 1 is 1.03 bits per heavy atom. The number of fused-ring (bicyclic) bond motifs is 2. The van der Waals surface area contributed by atoms with E-state index in [1.807, 2.05) is 12.3 Å². The van der Waals surface area contributed by atoms with E-state index in [0.29, 0.717) is 11.8 Å². The quantitative estimate of drug-likeness (QED) is 0.370. The van der Waals surface area contributed by atoms with Crippen LogP contribution in [0.5, 0.6) is 0 Å². The van der Waals surface area contributed by atoms with Crippen LogP contribution in [0.25, 0.3) is 33.2 Å². The van der Waals surface area contributed by atoms with Gasteiger partial charge >= 0.3 is 0 Å². The fourth-order valence-electron chi connectivity index (χ4n) is 6.63. The molecule has 1 aromatic carbocycles. The molecule has 2 aliphatic heterocycles. The maximum absolute atomic E-state index is 5.58. The second-order valence-corrected chi connectivity index (χ2v) is 10.9. The molecule has 2 fully saturated rings. The number of pyridine rings is 1. The molecular formula is C30H38N4O. The van der Waals surface area contributed by atoms with E-state index in [2.05, 4.69) is 71.5 Å². The van der Waals surface area contributed by atoms with E-state index < -0.39 is 0 Å². The molecule has 184 valence electrons. The highest BCUT2D eigenvalue weighted by Gasteiger charge is 2.28. The lowest BCUT2D eigenvalue weighted by atomic mass is 9.86. The van der Waals surface area contributed by atoms with Gasteiger partial charge in [0, 0.05) is 60.0 Å². The minimum atomic E-state index is 0.427. The molecule has 5 heteroatoms. The van der Waals surface area contributed by atoms with Crippen LogP contribution in [0.1, 0.15) is 68.2 Å². The molecule has 4 aromatic rings. The molecule has 0 saturated carbocycles. The summed E-state index contributed by atoms with van der Waals surface area (Å²) in [5, 5.41) is 2.61. The Hall–Kier alpha value is -2.63. The van der Waals surface area contributed by atoms with Gasteiger partial charge in [-0.25, -0.2) is 4.98 Å². The first-order valence-electron chi connectivity index (χ1n) is 13.4. The monoisotopic (exact) mass is 470 g/mol. The number of piperidine rings is 1. The van der Waals surface area contributed by atoms with Crippen molar-refractivity contribution in [3.05, 3.63) is 53.3 Å². The Labute approximate surface area is 208 Å². The number of ether oxygens (including phenoxy) is 1. The van der Waals surface area contributed by atoms with E-state index in [4.69, 9.17) is 4.74 Å². The zero-order valence-corrected chi connectivity index (χ0v) is 21.6. The predicted molar refractivity (Wildman–Crippen MR) is 144 cm³/mol. The van der Waals surface area contributed by atoms with Gasteiger partial charge < -0.3 is 19.2 Å². The van der Waals surface area contributed by atoms with Crippen molar-refractivity contribution in [3.8, 4) is 11.3 Å². The summed E-state index contributed by atoms with van der Waals surface area (Å²) in [6.07, 6.45) is 6.80. The van der Waals surface area contributed by atoms with E-state index in [-0.39, 0.29) is 0 Å². The van der Waals surface area contributed by atoms with Crippen LogP contribution in [0.3, 0.4) is 0 Å². The van der Waals surface area contributed by atoms with Crippen molar-refractivity contribution in [2.45, 2.75) is 64.3 Å². The molecule has 0 unspecified atom stereocenters. The van der Waals surface area contributed by atoms with E-state index in [1.54, 1.807) is 0 Å². The van der Waals surface area contributed by atoms with Crippen LogP contribution in [0, 0.1) is 6.92 Å². The molecule has 6 rings (SSSR count). The fraction of sp³-hybridized carbons (Fsp3) is 0.500. The number of hydrogen-bond donors (Lipinski definition) is 1. The third-order valence-electron chi connectivity index (χ3n) is 8.64. The van der Waals surface area contributed by atoms with E-state index >= 15 is 0 Å². The average molecular weight is 471 g/mol. The summed E-state index contributed by atoms with van der Waals surface area (Å²) in [6, 6.07) is 12.2. The van der Waals surface area contributed by atoms with Crippen LogP contribution in [-0.2, 0) is 11.8 Å². The number of aromatic nitrogens is 3. The third-order valence-corrected chi connectivity index (χ3v) is 8.64. The number of hydrogen-bond acceptors (Lipinski definition) is 3. The van der Waals surface area contributed by atoms with Crippen molar-refractivity contribution in [3.63, 3.8) is 0 Å². The minimum Gasteiger partial charge on any atom is -0.381 e. The molecule has 0 atom stereocenters. The van der Waals surface area contributed by atoms with Crippen molar-refractivity contribution >= 4 is 21.9 Å². The zero-order valence-electron chi connectivity index (χ0n) is 21.6. The van der Waals surface area contributed by atoms with E-state index in [0.717, 1.165) is 24.9 Å². The number of aromatic amines is 1. The second-order valence-electron chi connectivity index (χ2n) is 10.9. The number of H-pyrrole nitrogens is 1. The van der Waals surface area contributed by atoms with Gasteiger partial charge in [-0.05, 0) is 92.9 Å². The average Bonchev–Trinajstić information content (AvgIpc) is 3.39. The van der Waals surface area contributed by atoms with Crippen LogP contribution in [0.2, 0.25) is 0 Å². The predicted octanol–water partition coefficient (Wildman–Crippen LogP) is 6.51. The highest BCUT2D eigenvalue weighted by Crippen LogP contribution is 2.42. The molecule has 0 spiro atoms. The maximum Gasteiger partial charge on any atom is 0.140 e. The van der Waals surface area contributed by atoms with Gasteiger partial charge in [-0.2, -0.15) is 0 Å². The van der Waals surface area contributed by atoms with Gasteiger partial charge in [0.15, 0.2) is 0 Å². The first-order valence-corrected chi connectivity index (χ1v) is 13.4. The van der Waals surface area contributed by atoms with Gasteiger partial charge in [0.1, 0.15) is 5.65 Å². The van der Waals surface area contributed by atoms with Crippen molar-refractivity contribution < 1.29 is 4.74 Å². The van der Waals surface area contributed by atoms with Gasteiger partial charge in [0.2, 0.25) is 0 Å².